The van der Waals surface area contributed by atoms with Gasteiger partial charge in [-0.1, -0.05) is 19.8 Å². The third-order valence-electron chi connectivity index (χ3n) is 9.15. The first-order valence-corrected chi connectivity index (χ1v) is 15.6. The molecule has 0 radical (unpaired) electrons. The number of nitrogens with one attached hydrogen (secondary N) is 1. The van der Waals surface area contributed by atoms with Gasteiger partial charge in [0.05, 0.1) is 19.0 Å². The molecule has 1 aliphatic carbocycles. The van der Waals surface area contributed by atoms with Gasteiger partial charge in [0, 0.05) is 50.2 Å². The van der Waals surface area contributed by atoms with Crippen LogP contribution >= 0.6 is 0 Å². The van der Waals surface area contributed by atoms with Crippen LogP contribution in [-0.2, 0) is 9.53 Å². The van der Waals surface area contributed by atoms with E-state index in [9.17, 15) is 14.4 Å². The second kappa shape index (κ2) is 11.1. The minimum Gasteiger partial charge on any atom is -0.495 e. The molecule has 44 heavy (non-hydrogen) atoms. The molecule has 0 unspecified atom stereocenters. The van der Waals surface area contributed by atoms with Crippen LogP contribution in [0.2, 0.25) is 0 Å². The van der Waals surface area contributed by atoms with Crippen LogP contribution in [0.4, 0.5) is 27.9 Å². The molecule has 236 valence electrons. The molecule has 3 aliphatic heterocycles. The summed E-state index contributed by atoms with van der Waals surface area (Å²) in [6, 6.07) is 5.33. The molecule has 1 atom stereocenters. The van der Waals surface area contributed by atoms with E-state index >= 15 is 0 Å². The summed E-state index contributed by atoms with van der Waals surface area (Å²) < 4.78 is 11.1. The number of carbonyl (C=O) groups is 3. The van der Waals surface area contributed by atoms with Gasteiger partial charge in [-0.15, -0.1) is 0 Å². The number of ether oxygens (including phenoxy) is 2. The maximum absolute atomic E-state index is 13.3. The van der Waals surface area contributed by atoms with Crippen molar-refractivity contribution in [3.8, 4) is 5.75 Å². The van der Waals surface area contributed by atoms with Crippen molar-refractivity contribution in [2.24, 2.45) is 5.41 Å². The molecule has 2 aromatic rings. The smallest absolute Gasteiger partial charge is 0.410 e. The number of benzene rings is 1. The number of carbonyl (C=O) groups excluding carboxylic acids is 3. The number of likely N-dealkylation sites (tertiary alicyclic amines) is 2. The van der Waals surface area contributed by atoms with E-state index in [-0.39, 0.29) is 35.4 Å². The lowest BCUT2D eigenvalue weighted by Crippen LogP contribution is -2.73. The highest BCUT2D eigenvalue weighted by Crippen LogP contribution is 2.42. The fourth-order valence-corrected chi connectivity index (χ4v) is 7.00. The lowest BCUT2D eigenvalue weighted by molar-refractivity contribution is -0.120. The molecule has 1 aromatic carbocycles. The standard InChI is InChI=1S/C32H43N7O5/c1-7-23-28(41)36(5)24-15-33-29(35-26(24)39(23)21-10-8-9-11-21)34-22-13-12-20(14-25(22)43-6)27(40)37-16-32(17-37)18-38(19-32)30(42)44-31(2,3)4/h12-15,21,23H,7-11,16-19H2,1-6H3,(H,33,34,35)/t23-/m1/s1. The fourth-order valence-electron chi connectivity index (χ4n) is 7.00. The second-order valence-electron chi connectivity index (χ2n) is 13.6. The molecular formula is C32H43N7O5. The predicted octanol–water partition coefficient (Wildman–Crippen LogP) is 4.43. The molecule has 4 heterocycles. The number of fused-ring (bicyclic) bond motifs is 1. The SMILES string of the molecule is CC[C@@H]1C(=O)N(C)c2cnc(Nc3ccc(C(=O)N4CC5(CN(C(=O)OC(C)(C)C)C5)C4)cc3OC)nc2N1C1CCCC1. The van der Waals surface area contributed by atoms with E-state index in [1.807, 2.05) is 27.7 Å². The van der Waals surface area contributed by atoms with Crippen LogP contribution in [0.15, 0.2) is 24.4 Å². The van der Waals surface area contributed by atoms with Crippen molar-refractivity contribution in [2.45, 2.75) is 77.5 Å². The molecule has 1 spiro atoms. The first-order valence-electron chi connectivity index (χ1n) is 15.6. The number of methoxy groups -OCH3 is 1. The molecule has 1 aromatic heterocycles. The second-order valence-corrected chi connectivity index (χ2v) is 13.6. The highest BCUT2D eigenvalue weighted by molar-refractivity contribution is 6.04. The van der Waals surface area contributed by atoms with Crippen molar-refractivity contribution < 1.29 is 23.9 Å². The van der Waals surface area contributed by atoms with Gasteiger partial charge in [-0.05, 0) is 58.2 Å². The molecule has 3 fully saturated rings. The number of nitrogens with zero attached hydrogens (tertiary/aromatic N) is 6. The summed E-state index contributed by atoms with van der Waals surface area (Å²) in [5, 5.41) is 3.28. The lowest BCUT2D eigenvalue weighted by Gasteiger charge is -2.59. The Bertz CT molecular complexity index is 1450. The van der Waals surface area contributed by atoms with E-state index in [0.717, 1.165) is 31.5 Å². The molecule has 6 rings (SSSR count). The summed E-state index contributed by atoms with van der Waals surface area (Å²) in [5.74, 6) is 1.65. The fraction of sp³-hybridized carbons (Fsp3) is 0.594. The Morgan fingerprint density at radius 2 is 1.77 bits per heavy atom. The molecule has 1 saturated carbocycles. The average molecular weight is 606 g/mol. The highest BCUT2D eigenvalue weighted by atomic mass is 16.6. The summed E-state index contributed by atoms with van der Waals surface area (Å²) in [7, 11) is 3.35. The van der Waals surface area contributed by atoms with Crippen molar-refractivity contribution in [3.63, 3.8) is 0 Å². The van der Waals surface area contributed by atoms with Crippen LogP contribution in [0.3, 0.4) is 0 Å². The number of anilines is 4. The Morgan fingerprint density at radius 1 is 1.09 bits per heavy atom. The van der Waals surface area contributed by atoms with Gasteiger partial charge in [0.2, 0.25) is 11.9 Å². The molecule has 1 N–H and O–H groups in total. The Hall–Kier alpha value is -4.09. The van der Waals surface area contributed by atoms with E-state index in [1.165, 1.54) is 0 Å². The third-order valence-corrected chi connectivity index (χ3v) is 9.15. The Balaban J connectivity index is 1.14. The van der Waals surface area contributed by atoms with Crippen LogP contribution in [0.1, 0.15) is 70.2 Å². The largest absolute Gasteiger partial charge is 0.495 e. The third kappa shape index (κ3) is 5.39. The lowest BCUT2D eigenvalue weighted by atomic mass is 9.73. The quantitative estimate of drug-likeness (QED) is 0.510. The minimum atomic E-state index is -0.529. The van der Waals surface area contributed by atoms with Gasteiger partial charge in [0.1, 0.15) is 23.1 Å². The minimum absolute atomic E-state index is 0.0518. The summed E-state index contributed by atoms with van der Waals surface area (Å²) in [6.45, 7) is 10.0. The van der Waals surface area contributed by atoms with Crippen LogP contribution in [0.25, 0.3) is 0 Å². The van der Waals surface area contributed by atoms with Crippen molar-refractivity contribution in [1.29, 1.82) is 0 Å². The zero-order valence-corrected chi connectivity index (χ0v) is 26.6. The predicted molar refractivity (Wildman–Crippen MR) is 167 cm³/mol. The van der Waals surface area contributed by atoms with Gasteiger partial charge in [-0.2, -0.15) is 4.98 Å². The summed E-state index contributed by atoms with van der Waals surface area (Å²) in [6.07, 6.45) is 6.49. The molecule has 4 aliphatic rings. The first kappa shape index (κ1) is 30.0. The number of hydrogen-bond donors (Lipinski definition) is 1. The number of amides is 3. The van der Waals surface area contributed by atoms with Gasteiger partial charge in [-0.3, -0.25) is 9.59 Å². The maximum Gasteiger partial charge on any atom is 0.410 e. The number of aromatic nitrogens is 2. The monoisotopic (exact) mass is 605 g/mol. The van der Waals surface area contributed by atoms with Crippen molar-refractivity contribution in [2.75, 3.05) is 55.5 Å². The van der Waals surface area contributed by atoms with E-state index in [4.69, 9.17) is 14.5 Å². The van der Waals surface area contributed by atoms with Crippen LogP contribution in [0, 0.1) is 5.41 Å². The first-order chi connectivity index (χ1) is 20.9. The van der Waals surface area contributed by atoms with Crippen LogP contribution in [0.5, 0.6) is 5.75 Å². The number of hydrogen-bond acceptors (Lipinski definition) is 9. The summed E-state index contributed by atoms with van der Waals surface area (Å²) in [4.78, 5) is 55.7. The zero-order valence-electron chi connectivity index (χ0n) is 26.6. The van der Waals surface area contributed by atoms with Crippen LogP contribution in [-0.4, -0.2) is 95.7 Å². The number of likely N-dealkylation sites (N-methyl/N-ethyl adjacent to an activating group) is 1. The van der Waals surface area contributed by atoms with Crippen molar-refractivity contribution in [3.05, 3.63) is 30.0 Å². The Morgan fingerprint density at radius 3 is 2.41 bits per heavy atom. The Kier molecular flexibility index (Phi) is 7.57. The molecule has 2 saturated heterocycles. The van der Waals surface area contributed by atoms with E-state index < -0.39 is 5.60 Å². The van der Waals surface area contributed by atoms with E-state index in [2.05, 4.69) is 15.2 Å². The van der Waals surface area contributed by atoms with Crippen molar-refractivity contribution in [1.82, 2.24) is 19.8 Å². The summed E-state index contributed by atoms with van der Waals surface area (Å²) in [5.41, 5.74) is 1.28. The molecule has 0 bridgehead atoms. The van der Waals surface area contributed by atoms with E-state index in [0.29, 0.717) is 61.2 Å². The number of rotatable bonds is 6. The van der Waals surface area contributed by atoms with Gasteiger partial charge in [0.15, 0.2) is 5.82 Å². The van der Waals surface area contributed by atoms with Gasteiger partial charge in [0.25, 0.3) is 5.91 Å². The maximum atomic E-state index is 13.3. The van der Waals surface area contributed by atoms with Crippen LogP contribution < -0.4 is 19.9 Å². The average Bonchev–Trinajstić information content (AvgIpc) is 3.47. The highest BCUT2D eigenvalue weighted by Gasteiger charge is 2.55. The van der Waals surface area contributed by atoms with E-state index in [1.54, 1.807) is 53.3 Å². The van der Waals surface area contributed by atoms with Gasteiger partial charge in [-0.25, -0.2) is 9.78 Å². The molecular weight excluding hydrogens is 562 g/mol. The zero-order chi connectivity index (χ0) is 31.4. The van der Waals surface area contributed by atoms with Gasteiger partial charge < -0.3 is 34.4 Å². The topological polar surface area (TPSA) is 120 Å². The van der Waals surface area contributed by atoms with Gasteiger partial charge >= 0.3 is 6.09 Å². The Labute approximate surface area is 258 Å². The summed E-state index contributed by atoms with van der Waals surface area (Å²) >= 11 is 0. The molecule has 3 amide bonds. The molecule has 12 heteroatoms. The normalized spacial score (nSPS) is 21.1. The van der Waals surface area contributed by atoms with Crippen molar-refractivity contribution >= 4 is 41.0 Å². The molecule has 12 nitrogen and oxygen atoms in total.